The van der Waals surface area contributed by atoms with Gasteiger partial charge < -0.3 is 10.2 Å². The average molecular weight is 194 g/mol. The number of hydrogen-bond acceptors (Lipinski definition) is 4. The van der Waals surface area contributed by atoms with E-state index in [2.05, 4.69) is 34.2 Å². The first-order chi connectivity index (χ1) is 6.72. The molecular formula is C10H18N4. The maximum Gasteiger partial charge on any atom is 0.129 e. The van der Waals surface area contributed by atoms with Crippen molar-refractivity contribution >= 4 is 5.82 Å². The van der Waals surface area contributed by atoms with Crippen LogP contribution in [-0.4, -0.2) is 41.5 Å². The Labute approximate surface area is 85.4 Å². The van der Waals surface area contributed by atoms with Crippen molar-refractivity contribution in [3.05, 3.63) is 18.1 Å². The van der Waals surface area contributed by atoms with Gasteiger partial charge in [-0.2, -0.15) is 0 Å². The van der Waals surface area contributed by atoms with Crippen molar-refractivity contribution in [3.63, 3.8) is 0 Å². The van der Waals surface area contributed by atoms with Crippen LogP contribution in [0.2, 0.25) is 0 Å². The van der Waals surface area contributed by atoms with Gasteiger partial charge in [0, 0.05) is 24.8 Å². The molecule has 1 heterocycles. The first-order valence-corrected chi connectivity index (χ1v) is 4.93. The van der Waals surface area contributed by atoms with E-state index in [0.29, 0.717) is 0 Å². The van der Waals surface area contributed by atoms with Gasteiger partial charge in [0.2, 0.25) is 0 Å². The summed E-state index contributed by atoms with van der Waals surface area (Å²) in [6.07, 6.45) is 1.58. The normalized spacial score (nSPS) is 10.6. The number of nitrogens with zero attached hydrogens (tertiary/aromatic N) is 3. The Morgan fingerprint density at radius 3 is 2.86 bits per heavy atom. The Hall–Kier alpha value is -1.16. The molecule has 4 heteroatoms. The number of rotatable bonds is 5. The lowest BCUT2D eigenvalue weighted by molar-refractivity contribution is 0.367. The van der Waals surface area contributed by atoms with Crippen molar-refractivity contribution < 1.29 is 0 Å². The zero-order valence-corrected chi connectivity index (χ0v) is 9.12. The summed E-state index contributed by atoms with van der Waals surface area (Å²) < 4.78 is 0. The van der Waals surface area contributed by atoms with Crippen LogP contribution in [0, 0.1) is 6.92 Å². The standard InChI is InChI=1S/C10H18N4/c1-4-14(3)6-5-11-10-7-9(2)12-8-13-10/h7-8H,4-6H2,1-3H3,(H,11,12,13). The van der Waals surface area contributed by atoms with Crippen molar-refractivity contribution in [2.45, 2.75) is 13.8 Å². The molecule has 0 radical (unpaired) electrons. The van der Waals surface area contributed by atoms with Crippen molar-refractivity contribution in [3.8, 4) is 0 Å². The van der Waals surface area contributed by atoms with Crippen LogP contribution in [0.5, 0.6) is 0 Å². The molecule has 0 aliphatic carbocycles. The van der Waals surface area contributed by atoms with Crippen LogP contribution in [0.25, 0.3) is 0 Å². The van der Waals surface area contributed by atoms with Crippen LogP contribution in [0.1, 0.15) is 12.6 Å². The van der Waals surface area contributed by atoms with Crippen molar-refractivity contribution in [1.29, 1.82) is 0 Å². The second-order valence-corrected chi connectivity index (χ2v) is 3.37. The number of likely N-dealkylation sites (N-methyl/N-ethyl adjacent to an activating group) is 1. The molecule has 0 saturated carbocycles. The molecule has 0 fully saturated rings. The molecule has 0 spiro atoms. The van der Waals surface area contributed by atoms with E-state index in [1.807, 2.05) is 13.0 Å². The Morgan fingerprint density at radius 1 is 1.43 bits per heavy atom. The molecule has 0 unspecified atom stereocenters. The monoisotopic (exact) mass is 194 g/mol. The van der Waals surface area contributed by atoms with Gasteiger partial charge in [0.25, 0.3) is 0 Å². The van der Waals surface area contributed by atoms with Gasteiger partial charge >= 0.3 is 0 Å². The third-order valence-corrected chi connectivity index (χ3v) is 2.14. The second-order valence-electron chi connectivity index (χ2n) is 3.37. The van der Waals surface area contributed by atoms with Gasteiger partial charge in [-0.1, -0.05) is 6.92 Å². The van der Waals surface area contributed by atoms with E-state index in [1.165, 1.54) is 0 Å². The van der Waals surface area contributed by atoms with Gasteiger partial charge in [-0.25, -0.2) is 9.97 Å². The molecule has 0 amide bonds. The Kier molecular flexibility index (Phi) is 4.32. The predicted molar refractivity (Wildman–Crippen MR) is 58.4 cm³/mol. The maximum atomic E-state index is 4.12. The average Bonchev–Trinajstić information content (AvgIpc) is 2.17. The molecule has 0 saturated heterocycles. The molecular weight excluding hydrogens is 176 g/mol. The van der Waals surface area contributed by atoms with E-state index >= 15 is 0 Å². The fourth-order valence-electron chi connectivity index (χ4n) is 1.08. The van der Waals surface area contributed by atoms with E-state index in [1.54, 1.807) is 6.33 Å². The molecule has 1 N–H and O–H groups in total. The van der Waals surface area contributed by atoms with Crippen molar-refractivity contribution in [1.82, 2.24) is 14.9 Å². The highest BCUT2D eigenvalue weighted by atomic mass is 15.1. The molecule has 0 bridgehead atoms. The molecule has 0 aliphatic rings. The largest absolute Gasteiger partial charge is 0.369 e. The number of aromatic nitrogens is 2. The van der Waals surface area contributed by atoms with E-state index in [-0.39, 0.29) is 0 Å². The summed E-state index contributed by atoms with van der Waals surface area (Å²) >= 11 is 0. The van der Waals surface area contributed by atoms with Crippen LogP contribution in [0.15, 0.2) is 12.4 Å². The molecule has 1 rings (SSSR count). The first kappa shape index (κ1) is 10.9. The van der Waals surface area contributed by atoms with Crippen LogP contribution in [0.3, 0.4) is 0 Å². The smallest absolute Gasteiger partial charge is 0.129 e. The van der Waals surface area contributed by atoms with Gasteiger partial charge in [0.1, 0.15) is 12.1 Å². The molecule has 1 aromatic heterocycles. The summed E-state index contributed by atoms with van der Waals surface area (Å²) in [7, 11) is 2.10. The Bertz CT molecular complexity index is 275. The molecule has 1 aromatic rings. The van der Waals surface area contributed by atoms with E-state index in [4.69, 9.17) is 0 Å². The second kappa shape index (κ2) is 5.54. The SMILES string of the molecule is CCN(C)CCNc1cc(C)ncn1. The summed E-state index contributed by atoms with van der Waals surface area (Å²) in [5.74, 6) is 0.905. The first-order valence-electron chi connectivity index (χ1n) is 4.93. The van der Waals surface area contributed by atoms with Crippen molar-refractivity contribution in [2.24, 2.45) is 0 Å². The minimum absolute atomic E-state index is 0.905. The van der Waals surface area contributed by atoms with Crippen LogP contribution in [-0.2, 0) is 0 Å². The molecule has 4 nitrogen and oxygen atoms in total. The van der Waals surface area contributed by atoms with Crippen LogP contribution >= 0.6 is 0 Å². The van der Waals surface area contributed by atoms with Gasteiger partial charge in [-0.15, -0.1) is 0 Å². The van der Waals surface area contributed by atoms with Crippen LogP contribution < -0.4 is 5.32 Å². The van der Waals surface area contributed by atoms with Gasteiger partial charge in [-0.05, 0) is 20.5 Å². The molecule has 0 atom stereocenters. The summed E-state index contributed by atoms with van der Waals surface area (Å²) in [5.41, 5.74) is 0.992. The lowest BCUT2D eigenvalue weighted by atomic mass is 10.4. The molecule has 0 aliphatic heterocycles. The number of aryl methyl sites for hydroxylation is 1. The molecule has 78 valence electrons. The fraction of sp³-hybridized carbons (Fsp3) is 0.600. The minimum atomic E-state index is 0.905. The Balaban J connectivity index is 2.31. The van der Waals surface area contributed by atoms with E-state index in [9.17, 15) is 0 Å². The van der Waals surface area contributed by atoms with Crippen molar-refractivity contribution in [2.75, 3.05) is 32.0 Å². The summed E-state index contributed by atoms with van der Waals surface area (Å²) in [5, 5.41) is 3.26. The lowest BCUT2D eigenvalue weighted by Gasteiger charge is -2.14. The highest BCUT2D eigenvalue weighted by molar-refractivity contribution is 5.34. The summed E-state index contributed by atoms with van der Waals surface area (Å²) in [6, 6.07) is 1.95. The van der Waals surface area contributed by atoms with E-state index in [0.717, 1.165) is 31.1 Å². The summed E-state index contributed by atoms with van der Waals surface area (Å²) in [6.45, 7) is 7.13. The number of hydrogen-bond donors (Lipinski definition) is 1. The maximum absolute atomic E-state index is 4.12. The van der Waals surface area contributed by atoms with Gasteiger partial charge in [0.15, 0.2) is 0 Å². The predicted octanol–water partition coefficient (Wildman–Crippen LogP) is 1.15. The molecule has 0 aromatic carbocycles. The van der Waals surface area contributed by atoms with Gasteiger partial charge in [0.05, 0.1) is 0 Å². The zero-order chi connectivity index (χ0) is 10.4. The highest BCUT2D eigenvalue weighted by Gasteiger charge is 1.96. The molecule has 14 heavy (non-hydrogen) atoms. The third kappa shape index (κ3) is 3.70. The fourth-order valence-corrected chi connectivity index (χ4v) is 1.08. The Morgan fingerprint density at radius 2 is 2.21 bits per heavy atom. The lowest BCUT2D eigenvalue weighted by Crippen LogP contribution is -2.24. The highest BCUT2D eigenvalue weighted by Crippen LogP contribution is 2.01. The number of anilines is 1. The number of nitrogens with one attached hydrogen (secondary N) is 1. The summed E-state index contributed by atoms with van der Waals surface area (Å²) in [4.78, 5) is 10.4. The van der Waals surface area contributed by atoms with Gasteiger partial charge in [-0.3, -0.25) is 0 Å². The topological polar surface area (TPSA) is 41.0 Å². The quantitative estimate of drug-likeness (QED) is 0.763. The third-order valence-electron chi connectivity index (χ3n) is 2.14. The minimum Gasteiger partial charge on any atom is -0.369 e. The zero-order valence-electron chi connectivity index (χ0n) is 9.12. The van der Waals surface area contributed by atoms with E-state index < -0.39 is 0 Å². The van der Waals surface area contributed by atoms with Crippen LogP contribution in [0.4, 0.5) is 5.82 Å².